The average molecular weight is 317 g/mol. The van der Waals surface area contributed by atoms with Crippen molar-refractivity contribution in [3.8, 4) is 0 Å². The molecule has 0 saturated carbocycles. The summed E-state index contributed by atoms with van der Waals surface area (Å²) in [7, 11) is 0. The first-order chi connectivity index (χ1) is 8.72. The molecule has 0 radical (unpaired) electrons. The van der Waals surface area contributed by atoms with Crippen molar-refractivity contribution in [1.29, 1.82) is 0 Å². The summed E-state index contributed by atoms with van der Waals surface area (Å²) in [5.41, 5.74) is 2.52. The van der Waals surface area contributed by atoms with E-state index in [1.807, 2.05) is 0 Å². The molecule has 18 heavy (non-hydrogen) atoms. The third kappa shape index (κ3) is 4.40. The lowest BCUT2D eigenvalue weighted by Crippen LogP contribution is -2.25. The fourth-order valence-corrected chi connectivity index (χ4v) is 2.10. The van der Waals surface area contributed by atoms with Gasteiger partial charge in [-0.25, -0.2) is 15.8 Å². The lowest BCUT2D eigenvalue weighted by atomic mass is 10.3. The summed E-state index contributed by atoms with van der Waals surface area (Å²) in [5.74, 6) is 6.69. The maximum Gasteiger partial charge on any atom is 0.159 e. The molecule has 0 unspecified atom stereocenters. The van der Waals surface area contributed by atoms with E-state index in [4.69, 9.17) is 5.84 Å². The Kier molecular flexibility index (Phi) is 6.92. The zero-order chi connectivity index (χ0) is 13.4. The Bertz CT molecular complexity index is 355. The summed E-state index contributed by atoms with van der Waals surface area (Å²) >= 11 is 3.41. The van der Waals surface area contributed by atoms with Crippen molar-refractivity contribution in [3.05, 3.63) is 10.8 Å². The predicted octanol–water partition coefficient (Wildman–Crippen LogP) is 1.67. The maximum atomic E-state index is 5.35. The highest BCUT2D eigenvalue weighted by molar-refractivity contribution is 9.10. The van der Waals surface area contributed by atoms with Gasteiger partial charge in [0.25, 0.3) is 0 Å². The number of aromatic nitrogens is 2. The van der Waals surface area contributed by atoms with Crippen LogP contribution in [0.5, 0.6) is 0 Å². The highest BCUT2D eigenvalue weighted by Gasteiger charge is 2.06. The topological polar surface area (TPSA) is 79.1 Å². The molecular formula is C11H21BrN6. The molecule has 0 aromatic carbocycles. The fourth-order valence-electron chi connectivity index (χ4n) is 1.64. The van der Waals surface area contributed by atoms with Crippen molar-refractivity contribution >= 4 is 27.6 Å². The van der Waals surface area contributed by atoms with Crippen LogP contribution in [-0.2, 0) is 0 Å². The highest BCUT2D eigenvalue weighted by atomic mass is 79.9. The Balaban J connectivity index is 2.40. The molecule has 0 atom stereocenters. The molecule has 0 fully saturated rings. The van der Waals surface area contributed by atoms with Gasteiger partial charge in [-0.05, 0) is 42.0 Å². The monoisotopic (exact) mass is 316 g/mol. The summed E-state index contributed by atoms with van der Waals surface area (Å²) in [4.78, 5) is 10.6. The molecule has 1 rings (SSSR count). The van der Waals surface area contributed by atoms with Crippen LogP contribution in [0.2, 0.25) is 0 Å². The second-order valence-corrected chi connectivity index (χ2v) is 4.63. The Morgan fingerprint density at radius 3 is 2.56 bits per heavy atom. The number of nitrogens with zero attached hydrogens (tertiary/aromatic N) is 3. The molecule has 1 heterocycles. The Morgan fingerprint density at radius 2 is 1.94 bits per heavy atom. The van der Waals surface area contributed by atoms with E-state index in [0.717, 1.165) is 42.9 Å². The van der Waals surface area contributed by atoms with Crippen LogP contribution in [0.25, 0.3) is 0 Å². The van der Waals surface area contributed by atoms with Gasteiger partial charge in [-0.1, -0.05) is 13.8 Å². The minimum absolute atomic E-state index is 0.580. The van der Waals surface area contributed by atoms with Crippen molar-refractivity contribution in [1.82, 2.24) is 14.9 Å². The summed E-state index contributed by atoms with van der Waals surface area (Å²) in [6, 6.07) is 0. The second-order valence-electron chi connectivity index (χ2n) is 3.84. The Labute approximate surface area is 116 Å². The summed E-state index contributed by atoms with van der Waals surface area (Å²) in [5, 5.41) is 3.27. The number of halogens is 1. The van der Waals surface area contributed by atoms with Crippen LogP contribution in [0.3, 0.4) is 0 Å². The van der Waals surface area contributed by atoms with Gasteiger partial charge in [0.05, 0.1) is 0 Å². The first kappa shape index (κ1) is 15.1. The normalized spacial score (nSPS) is 10.7. The quantitative estimate of drug-likeness (QED) is 0.384. The number of rotatable bonds is 8. The Hall–Kier alpha value is -0.920. The maximum absolute atomic E-state index is 5.35. The molecular weight excluding hydrogens is 296 g/mol. The lowest BCUT2D eigenvalue weighted by molar-refractivity contribution is 0.303. The molecule has 1 aromatic heterocycles. The van der Waals surface area contributed by atoms with E-state index in [1.165, 1.54) is 6.33 Å². The van der Waals surface area contributed by atoms with Crippen molar-refractivity contribution in [2.24, 2.45) is 5.84 Å². The third-order valence-electron chi connectivity index (χ3n) is 2.76. The van der Waals surface area contributed by atoms with Crippen molar-refractivity contribution in [2.45, 2.75) is 20.3 Å². The molecule has 6 nitrogen and oxygen atoms in total. The highest BCUT2D eigenvalue weighted by Crippen LogP contribution is 2.25. The number of nitrogens with two attached hydrogens (primary N) is 1. The van der Waals surface area contributed by atoms with E-state index < -0.39 is 0 Å². The van der Waals surface area contributed by atoms with Gasteiger partial charge >= 0.3 is 0 Å². The summed E-state index contributed by atoms with van der Waals surface area (Å²) in [6.45, 7) is 8.50. The number of hydrogen-bond acceptors (Lipinski definition) is 6. The zero-order valence-electron chi connectivity index (χ0n) is 10.9. The average Bonchev–Trinajstić information content (AvgIpc) is 2.40. The van der Waals surface area contributed by atoms with E-state index in [-0.39, 0.29) is 0 Å². The minimum Gasteiger partial charge on any atom is -0.369 e. The van der Waals surface area contributed by atoms with Crippen LogP contribution < -0.4 is 16.6 Å². The van der Waals surface area contributed by atoms with Gasteiger partial charge in [-0.2, -0.15) is 0 Å². The smallest absolute Gasteiger partial charge is 0.159 e. The van der Waals surface area contributed by atoms with Crippen LogP contribution >= 0.6 is 15.9 Å². The fraction of sp³-hybridized carbons (Fsp3) is 0.636. The van der Waals surface area contributed by atoms with E-state index >= 15 is 0 Å². The molecule has 1 aromatic rings. The minimum atomic E-state index is 0.580. The lowest BCUT2D eigenvalue weighted by Gasteiger charge is -2.18. The SMILES string of the molecule is CCN(CC)CCCNc1ncnc(NN)c1Br. The van der Waals surface area contributed by atoms with Gasteiger partial charge < -0.3 is 15.6 Å². The number of hydrazine groups is 1. The molecule has 102 valence electrons. The molecule has 0 spiro atoms. The largest absolute Gasteiger partial charge is 0.369 e. The standard InChI is InChI=1S/C11H21BrN6/c1-3-18(4-2)7-5-6-14-10-9(12)11(17-13)16-8-15-10/h8H,3-7,13H2,1-2H3,(H2,14,15,16,17). The molecule has 0 saturated heterocycles. The van der Waals surface area contributed by atoms with Crippen molar-refractivity contribution < 1.29 is 0 Å². The van der Waals surface area contributed by atoms with Gasteiger partial charge in [-0.15, -0.1) is 0 Å². The first-order valence-electron chi connectivity index (χ1n) is 6.16. The van der Waals surface area contributed by atoms with E-state index in [9.17, 15) is 0 Å². The number of nitrogens with one attached hydrogen (secondary N) is 2. The van der Waals surface area contributed by atoms with Crippen molar-refractivity contribution in [3.63, 3.8) is 0 Å². The number of anilines is 2. The van der Waals surface area contributed by atoms with E-state index in [2.05, 4.69) is 55.4 Å². The third-order valence-corrected chi connectivity index (χ3v) is 3.52. The van der Waals surface area contributed by atoms with Crippen LogP contribution in [0.4, 0.5) is 11.6 Å². The molecule has 0 bridgehead atoms. The van der Waals surface area contributed by atoms with Crippen LogP contribution in [0.1, 0.15) is 20.3 Å². The van der Waals surface area contributed by atoms with Crippen molar-refractivity contribution in [2.75, 3.05) is 36.9 Å². The van der Waals surface area contributed by atoms with E-state index in [0.29, 0.717) is 5.82 Å². The molecule has 0 aliphatic carbocycles. The summed E-state index contributed by atoms with van der Waals surface area (Å²) < 4.78 is 0.760. The first-order valence-corrected chi connectivity index (χ1v) is 6.95. The Morgan fingerprint density at radius 1 is 1.28 bits per heavy atom. The molecule has 0 aliphatic heterocycles. The van der Waals surface area contributed by atoms with Gasteiger partial charge in [-0.3, -0.25) is 0 Å². The van der Waals surface area contributed by atoms with Gasteiger partial charge in [0, 0.05) is 6.54 Å². The molecule has 0 aliphatic rings. The molecule has 4 N–H and O–H groups in total. The molecule has 7 heteroatoms. The van der Waals surface area contributed by atoms with Gasteiger partial charge in [0.1, 0.15) is 16.6 Å². The number of hydrogen-bond donors (Lipinski definition) is 3. The number of nitrogen functional groups attached to an aromatic ring is 1. The second kappa shape index (κ2) is 8.23. The molecule has 0 amide bonds. The summed E-state index contributed by atoms with van der Waals surface area (Å²) in [6.07, 6.45) is 2.55. The van der Waals surface area contributed by atoms with Crippen LogP contribution in [0, 0.1) is 0 Å². The van der Waals surface area contributed by atoms with Gasteiger partial charge in [0.2, 0.25) is 0 Å². The van der Waals surface area contributed by atoms with Crippen LogP contribution in [-0.4, -0.2) is 41.0 Å². The predicted molar refractivity (Wildman–Crippen MR) is 78.4 cm³/mol. The van der Waals surface area contributed by atoms with Gasteiger partial charge in [0.15, 0.2) is 5.82 Å². The van der Waals surface area contributed by atoms with Crippen LogP contribution in [0.15, 0.2) is 10.8 Å². The zero-order valence-corrected chi connectivity index (χ0v) is 12.5. The van der Waals surface area contributed by atoms with E-state index in [1.54, 1.807) is 0 Å².